The second-order valence-electron chi connectivity index (χ2n) is 9.53. The normalized spacial score (nSPS) is 14.5. The summed E-state index contributed by atoms with van der Waals surface area (Å²) in [6.07, 6.45) is 11.1. The van der Waals surface area contributed by atoms with Crippen LogP contribution in [0, 0.1) is 0 Å². The molecule has 0 bridgehead atoms. The molecule has 0 radical (unpaired) electrons. The number of pyridine rings is 2. The molecule has 0 aliphatic carbocycles. The molecule has 2 N–H and O–H groups in total. The van der Waals surface area contributed by atoms with Crippen molar-refractivity contribution in [2.45, 2.75) is 32.4 Å². The molecule has 8 heteroatoms. The Morgan fingerprint density at radius 3 is 2.60 bits per heavy atom. The van der Waals surface area contributed by atoms with Gasteiger partial charge in [0.2, 0.25) is 0 Å². The molecule has 4 heterocycles. The Balaban J connectivity index is 1.36. The number of hydrogen-bond donors (Lipinski definition) is 2. The maximum absolute atomic E-state index is 13.2. The molecule has 35 heavy (non-hydrogen) atoms. The Hall–Kier alpha value is -3.62. The first-order chi connectivity index (χ1) is 17.0. The van der Waals surface area contributed by atoms with Crippen molar-refractivity contribution in [3.63, 3.8) is 0 Å². The third kappa shape index (κ3) is 5.55. The number of piperidine rings is 1. The molecule has 4 aromatic rings. The molecular weight excluding hydrogens is 438 g/mol. The summed E-state index contributed by atoms with van der Waals surface area (Å²) < 4.78 is 0. The number of amides is 1. The number of anilines is 1. The van der Waals surface area contributed by atoms with E-state index in [1.807, 2.05) is 57.0 Å². The number of fused-ring (bicyclic) bond motifs is 1. The Kier molecular flexibility index (Phi) is 6.83. The highest BCUT2D eigenvalue weighted by Crippen LogP contribution is 2.26. The summed E-state index contributed by atoms with van der Waals surface area (Å²) in [5, 5.41) is 11.0. The number of nitrogens with one attached hydrogen (secondary N) is 2. The predicted molar refractivity (Wildman–Crippen MR) is 138 cm³/mol. The van der Waals surface area contributed by atoms with Gasteiger partial charge < -0.3 is 10.2 Å². The minimum Gasteiger partial charge on any atom is -0.319 e. The number of hydrogen-bond acceptors (Lipinski definition) is 6. The van der Waals surface area contributed by atoms with Crippen LogP contribution < -0.4 is 5.32 Å². The van der Waals surface area contributed by atoms with Gasteiger partial charge in [-0.15, -0.1) is 0 Å². The summed E-state index contributed by atoms with van der Waals surface area (Å²) in [5.41, 5.74) is 6.09. The molecule has 8 nitrogen and oxygen atoms in total. The summed E-state index contributed by atoms with van der Waals surface area (Å²) in [5.74, 6) is -0.259. The van der Waals surface area contributed by atoms with E-state index >= 15 is 0 Å². The van der Waals surface area contributed by atoms with Crippen molar-refractivity contribution in [1.82, 2.24) is 30.0 Å². The SMILES string of the molecule is CN(C)Cc1cncc(-c2ccc3[nH]nc(C(=O)Nc4cncc(CN5CCCCC5)c4)c3c2)c1. The molecule has 1 aliphatic heterocycles. The molecule has 1 saturated heterocycles. The van der Waals surface area contributed by atoms with Crippen LogP contribution in [-0.4, -0.2) is 63.1 Å². The van der Waals surface area contributed by atoms with E-state index in [-0.39, 0.29) is 5.91 Å². The predicted octanol–water partition coefficient (Wildman–Crippen LogP) is 4.32. The van der Waals surface area contributed by atoms with Crippen LogP contribution in [0.5, 0.6) is 0 Å². The van der Waals surface area contributed by atoms with Crippen molar-refractivity contribution in [2.75, 3.05) is 32.5 Å². The number of aromatic nitrogens is 4. The lowest BCUT2D eigenvalue weighted by molar-refractivity contribution is 0.102. The van der Waals surface area contributed by atoms with Crippen molar-refractivity contribution in [3.8, 4) is 11.1 Å². The molecule has 1 aromatic carbocycles. The Bertz CT molecular complexity index is 1320. The van der Waals surface area contributed by atoms with Crippen molar-refractivity contribution >= 4 is 22.5 Å². The summed E-state index contributed by atoms with van der Waals surface area (Å²) in [4.78, 5) is 26.5. The maximum Gasteiger partial charge on any atom is 0.276 e. The van der Waals surface area contributed by atoms with E-state index in [0.29, 0.717) is 11.4 Å². The Labute approximate surface area is 205 Å². The van der Waals surface area contributed by atoms with Gasteiger partial charge in [0.25, 0.3) is 5.91 Å². The van der Waals surface area contributed by atoms with Crippen LogP contribution in [0.4, 0.5) is 5.69 Å². The van der Waals surface area contributed by atoms with Crippen molar-refractivity contribution < 1.29 is 4.79 Å². The molecule has 0 atom stereocenters. The number of carbonyl (C=O) groups is 1. The van der Waals surface area contributed by atoms with Crippen molar-refractivity contribution in [2.24, 2.45) is 0 Å². The molecule has 1 aliphatic rings. The van der Waals surface area contributed by atoms with Gasteiger partial charge in [-0.1, -0.05) is 12.5 Å². The number of nitrogens with zero attached hydrogens (tertiary/aromatic N) is 5. The zero-order chi connectivity index (χ0) is 24.2. The first-order valence-electron chi connectivity index (χ1n) is 12.1. The van der Waals surface area contributed by atoms with Gasteiger partial charge in [-0.3, -0.25) is 24.8 Å². The lowest BCUT2D eigenvalue weighted by Crippen LogP contribution is -2.29. The number of carbonyl (C=O) groups excluding carboxylic acids is 1. The van der Waals surface area contributed by atoms with Gasteiger partial charge in [0, 0.05) is 42.6 Å². The van der Waals surface area contributed by atoms with Crippen LogP contribution in [0.25, 0.3) is 22.0 Å². The van der Waals surface area contributed by atoms with E-state index in [2.05, 4.69) is 41.3 Å². The highest BCUT2D eigenvalue weighted by molar-refractivity contribution is 6.11. The van der Waals surface area contributed by atoms with Gasteiger partial charge >= 0.3 is 0 Å². The van der Waals surface area contributed by atoms with E-state index in [1.54, 1.807) is 6.20 Å². The standard InChI is InChI=1S/C27H31N7O/c1-33(2)17-19-10-22(15-28-13-19)21-6-7-25-24(12-21)26(32-31-25)27(35)30-23-11-20(14-29-16-23)18-34-8-4-3-5-9-34/h6-7,10-16H,3-5,8-9,17-18H2,1-2H3,(H,30,35)(H,31,32). The van der Waals surface area contributed by atoms with Gasteiger partial charge in [-0.05, 0) is 81.0 Å². The van der Waals surface area contributed by atoms with Crippen LogP contribution in [0.15, 0.2) is 55.1 Å². The smallest absolute Gasteiger partial charge is 0.276 e. The average Bonchev–Trinajstić information content (AvgIpc) is 3.28. The first kappa shape index (κ1) is 23.1. The van der Waals surface area contributed by atoms with E-state index in [4.69, 9.17) is 0 Å². The Morgan fingerprint density at radius 2 is 1.77 bits per heavy atom. The lowest BCUT2D eigenvalue weighted by atomic mass is 10.0. The number of aromatic amines is 1. The minimum absolute atomic E-state index is 0.259. The third-order valence-corrected chi connectivity index (χ3v) is 6.31. The molecule has 5 rings (SSSR count). The highest BCUT2D eigenvalue weighted by Gasteiger charge is 2.17. The monoisotopic (exact) mass is 469 g/mol. The summed E-state index contributed by atoms with van der Waals surface area (Å²) in [6.45, 7) is 3.90. The zero-order valence-electron chi connectivity index (χ0n) is 20.3. The van der Waals surface area contributed by atoms with E-state index in [9.17, 15) is 4.79 Å². The van der Waals surface area contributed by atoms with Gasteiger partial charge in [0.05, 0.1) is 17.4 Å². The molecule has 1 amide bonds. The van der Waals surface area contributed by atoms with Crippen LogP contribution >= 0.6 is 0 Å². The molecule has 3 aromatic heterocycles. The lowest BCUT2D eigenvalue weighted by Gasteiger charge is -2.26. The number of H-pyrrole nitrogens is 1. The summed E-state index contributed by atoms with van der Waals surface area (Å²) in [7, 11) is 4.07. The average molecular weight is 470 g/mol. The van der Waals surface area contributed by atoms with E-state index in [0.717, 1.165) is 59.3 Å². The first-order valence-corrected chi connectivity index (χ1v) is 12.1. The van der Waals surface area contributed by atoms with Crippen LogP contribution in [0.3, 0.4) is 0 Å². The van der Waals surface area contributed by atoms with Gasteiger partial charge in [-0.2, -0.15) is 5.10 Å². The van der Waals surface area contributed by atoms with Crippen LogP contribution in [0.1, 0.15) is 40.9 Å². The molecule has 1 fully saturated rings. The number of rotatable bonds is 7. The fraction of sp³-hybridized carbons (Fsp3) is 0.333. The maximum atomic E-state index is 13.2. The third-order valence-electron chi connectivity index (χ3n) is 6.31. The second-order valence-corrected chi connectivity index (χ2v) is 9.53. The second kappa shape index (κ2) is 10.3. The van der Waals surface area contributed by atoms with Gasteiger partial charge in [0.1, 0.15) is 0 Å². The van der Waals surface area contributed by atoms with Crippen molar-refractivity contribution in [1.29, 1.82) is 0 Å². The van der Waals surface area contributed by atoms with E-state index in [1.165, 1.54) is 19.3 Å². The molecule has 0 saturated carbocycles. The number of benzene rings is 1. The topological polar surface area (TPSA) is 90.0 Å². The van der Waals surface area contributed by atoms with Gasteiger partial charge in [-0.25, -0.2) is 0 Å². The molecule has 0 spiro atoms. The fourth-order valence-corrected chi connectivity index (χ4v) is 4.67. The summed E-state index contributed by atoms with van der Waals surface area (Å²) >= 11 is 0. The van der Waals surface area contributed by atoms with Crippen molar-refractivity contribution in [3.05, 3.63) is 71.9 Å². The zero-order valence-corrected chi connectivity index (χ0v) is 20.3. The molecule has 0 unspecified atom stereocenters. The highest BCUT2D eigenvalue weighted by atomic mass is 16.1. The Morgan fingerprint density at radius 1 is 0.971 bits per heavy atom. The molecular formula is C27H31N7O. The van der Waals surface area contributed by atoms with Gasteiger partial charge in [0.15, 0.2) is 5.69 Å². The number of likely N-dealkylation sites (tertiary alicyclic amines) is 1. The van der Waals surface area contributed by atoms with Crippen LogP contribution in [0.2, 0.25) is 0 Å². The minimum atomic E-state index is -0.259. The largest absolute Gasteiger partial charge is 0.319 e. The fourth-order valence-electron chi connectivity index (χ4n) is 4.67. The molecule has 180 valence electrons. The van der Waals surface area contributed by atoms with Crippen LogP contribution in [-0.2, 0) is 13.1 Å². The quantitative estimate of drug-likeness (QED) is 0.419. The summed E-state index contributed by atoms with van der Waals surface area (Å²) in [6, 6.07) is 10.1. The van der Waals surface area contributed by atoms with E-state index < -0.39 is 0 Å².